The van der Waals surface area contributed by atoms with Crippen molar-refractivity contribution in [1.82, 2.24) is 0 Å². The van der Waals surface area contributed by atoms with E-state index in [0.29, 0.717) is 0 Å². The molecule has 20 aromatic rings. The normalized spacial score (nSPS) is 11.6. The van der Waals surface area contributed by atoms with Crippen molar-refractivity contribution >= 4 is 171 Å². The van der Waals surface area contributed by atoms with Gasteiger partial charge < -0.3 is 27.9 Å². The summed E-state index contributed by atoms with van der Waals surface area (Å²) < 4.78 is 24.7. The molecule has 0 saturated heterocycles. The summed E-state index contributed by atoms with van der Waals surface area (Å²) in [5.41, 5.74) is 17.3. The van der Waals surface area contributed by atoms with Crippen molar-refractivity contribution in [1.29, 1.82) is 0 Å². The summed E-state index contributed by atoms with van der Waals surface area (Å²) >= 11 is 6.24. The molecule has 0 spiro atoms. The maximum absolute atomic E-state index is 6.36. The summed E-state index contributed by atoms with van der Waals surface area (Å²) in [4.78, 5) is 2.33. The van der Waals surface area contributed by atoms with Crippen LogP contribution in [-0.4, -0.2) is 0 Å². The molecule has 95 heavy (non-hydrogen) atoms. The molecule has 0 aliphatic carbocycles. The zero-order chi connectivity index (χ0) is 62.9. The summed E-state index contributed by atoms with van der Waals surface area (Å²) in [5, 5.41) is 22.9. The molecule has 0 amide bonds. The Kier molecular flexibility index (Phi) is 13.5. The van der Waals surface area contributed by atoms with Crippen LogP contribution in [0.5, 0.6) is 0 Å². The van der Waals surface area contributed by atoms with Crippen molar-refractivity contribution in [3.8, 4) is 22.3 Å². The third-order valence-corrected chi connectivity index (χ3v) is 18.6. The standard InChI is InChI=1S/C44H27NO2.C24H17NO.C20H11ClO/c1-2-8-28(9-3-1)29-16-20-32(21-17-29)45(34-23-24-36-35-10-4-6-12-39(35)47-42(36)27-34)33-22-18-30-14-15-31-19-25-41-44(43(31)38(30)26-33)37-11-5-7-13-40(37)46-41;1-2-6-17(7-3-1)18-10-12-19(13-11-18)25-20-14-15-22-21-8-4-5-9-23(21)26-24(22)16-20;21-14-9-7-12-5-6-13-8-10-18-20(19(13)16(12)11-14)15-3-1-2-4-17(15)22-18/h1-27H;1-16,25H;1-11H. The zero-order valence-corrected chi connectivity index (χ0v) is 51.9. The molecule has 448 valence electrons. The fraction of sp³-hybridized carbons (Fsp3) is 0. The Balaban J connectivity index is 0.000000115. The molecular weight excluding hydrogens is 1180 g/mol. The van der Waals surface area contributed by atoms with Crippen LogP contribution in [0.15, 0.2) is 345 Å². The molecule has 0 saturated carbocycles. The van der Waals surface area contributed by atoms with Gasteiger partial charge in [-0.05, 0) is 164 Å². The van der Waals surface area contributed by atoms with Gasteiger partial charge in [-0.25, -0.2) is 0 Å². The zero-order valence-electron chi connectivity index (χ0n) is 51.1. The van der Waals surface area contributed by atoms with Crippen LogP contribution in [0.2, 0.25) is 5.02 Å². The van der Waals surface area contributed by atoms with E-state index in [0.717, 1.165) is 116 Å². The minimum absolute atomic E-state index is 0.754. The molecule has 0 fully saturated rings. The van der Waals surface area contributed by atoms with Crippen LogP contribution in [0, 0.1) is 0 Å². The maximum atomic E-state index is 6.36. The minimum Gasteiger partial charge on any atom is -0.456 e. The number of nitrogens with zero attached hydrogens (tertiary/aromatic N) is 1. The summed E-state index contributed by atoms with van der Waals surface area (Å²) in [5.74, 6) is 0. The lowest BCUT2D eigenvalue weighted by molar-refractivity contribution is 0.668. The molecule has 0 aliphatic heterocycles. The van der Waals surface area contributed by atoms with Gasteiger partial charge in [0, 0.05) is 99.5 Å². The highest BCUT2D eigenvalue weighted by atomic mass is 35.5. The van der Waals surface area contributed by atoms with Crippen LogP contribution in [0.4, 0.5) is 28.4 Å². The third-order valence-electron chi connectivity index (χ3n) is 18.4. The first kappa shape index (κ1) is 55.5. The van der Waals surface area contributed by atoms with Gasteiger partial charge in [-0.15, -0.1) is 0 Å². The number of para-hydroxylation sites is 4. The largest absolute Gasteiger partial charge is 0.456 e. The lowest BCUT2D eigenvalue weighted by atomic mass is 9.96. The highest BCUT2D eigenvalue weighted by molar-refractivity contribution is 6.33. The number of fused-ring (bicyclic) bond motifs is 20. The van der Waals surface area contributed by atoms with E-state index in [4.69, 9.17) is 29.3 Å². The SMILES string of the molecule is Clc1ccc2ccc3ccc4oc5ccccc5c4c3c2c1.c1ccc(-c2ccc(N(c3ccc4c(c3)oc3ccccc34)c3ccc4ccc5ccc6oc7ccccc7c6c5c4c3)cc2)cc1.c1ccc(-c2ccc(Nc3ccc4c(c3)oc3ccccc34)cc2)cc1. The van der Waals surface area contributed by atoms with Crippen molar-refractivity contribution in [2.75, 3.05) is 10.2 Å². The molecule has 4 heterocycles. The van der Waals surface area contributed by atoms with Crippen LogP contribution in [0.1, 0.15) is 0 Å². The Morgan fingerprint density at radius 3 is 1.16 bits per heavy atom. The van der Waals surface area contributed by atoms with E-state index >= 15 is 0 Å². The molecule has 20 rings (SSSR count). The van der Waals surface area contributed by atoms with Crippen molar-refractivity contribution < 1.29 is 17.7 Å². The predicted molar refractivity (Wildman–Crippen MR) is 399 cm³/mol. The summed E-state index contributed by atoms with van der Waals surface area (Å²) in [6, 6.07) is 114. The first-order valence-electron chi connectivity index (χ1n) is 31.9. The average molecular weight is 1240 g/mol. The van der Waals surface area contributed by atoms with E-state index < -0.39 is 0 Å². The van der Waals surface area contributed by atoms with E-state index in [1.54, 1.807) is 0 Å². The first-order chi connectivity index (χ1) is 47.0. The molecule has 0 unspecified atom stereocenters. The molecule has 0 atom stereocenters. The van der Waals surface area contributed by atoms with E-state index in [2.05, 4.69) is 253 Å². The van der Waals surface area contributed by atoms with E-state index in [1.165, 1.54) is 70.7 Å². The number of halogens is 1. The van der Waals surface area contributed by atoms with Crippen LogP contribution >= 0.6 is 11.6 Å². The second kappa shape index (κ2) is 23.1. The quantitative estimate of drug-likeness (QED) is 0.160. The molecule has 1 N–H and O–H groups in total. The summed E-state index contributed by atoms with van der Waals surface area (Å²) in [7, 11) is 0. The topological polar surface area (TPSA) is 67.8 Å². The van der Waals surface area contributed by atoms with Crippen molar-refractivity contribution in [3.05, 3.63) is 333 Å². The van der Waals surface area contributed by atoms with E-state index in [-0.39, 0.29) is 0 Å². The lowest BCUT2D eigenvalue weighted by Gasteiger charge is -2.26. The molecule has 0 radical (unpaired) electrons. The van der Waals surface area contributed by atoms with Gasteiger partial charge in [-0.1, -0.05) is 218 Å². The molecule has 4 aromatic heterocycles. The van der Waals surface area contributed by atoms with Crippen molar-refractivity contribution in [2.24, 2.45) is 0 Å². The van der Waals surface area contributed by atoms with Crippen LogP contribution in [0.25, 0.3) is 153 Å². The van der Waals surface area contributed by atoms with Gasteiger partial charge >= 0.3 is 0 Å². The minimum atomic E-state index is 0.754. The van der Waals surface area contributed by atoms with Gasteiger partial charge in [-0.3, -0.25) is 0 Å². The maximum Gasteiger partial charge on any atom is 0.137 e. The number of hydrogen-bond donors (Lipinski definition) is 1. The average Bonchev–Trinajstić information content (AvgIpc) is 1.71. The fourth-order valence-electron chi connectivity index (χ4n) is 13.9. The summed E-state index contributed by atoms with van der Waals surface area (Å²) in [6.45, 7) is 0. The molecular formula is C88H55ClN2O4. The van der Waals surface area contributed by atoms with Gasteiger partial charge in [-0.2, -0.15) is 0 Å². The fourth-order valence-corrected chi connectivity index (χ4v) is 14.1. The van der Waals surface area contributed by atoms with Crippen molar-refractivity contribution in [2.45, 2.75) is 0 Å². The van der Waals surface area contributed by atoms with E-state index in [9.17, 15) is 0 Å². The smallest absolute Gasteiger partial charge is 0.137 e. The van der Waals surface area contributed by atoms with Crippen LogP contribution in [0.3, 0.4) is 0 Å². The predicted octanol–water partition coefficient (Wildman–Crippen LogP) is 26.5. The van der Waals surface area contributed by atoms with Gasteiger partial charge in [0.2, 0.25) is 0 Å². The van der Waals surface area contributed by atoms with Crippen molar-refractivity contribution in [3.63, 3.8) is 0 Å². The number of nitrogens with one attached hydrogen (secondary N) is 1. The lowest BCUT2D eigenvalue weighted by Crippen LogP contribution is -2.09. The molecule has 16 aromatic carbocycles. The van der Waals surface area contributed by atoms with Gasteiger partial charge in [0.05, 0.1) is 0 Å². The van der Waals surface area contributed by atoms with Crippen LogP contribution < -0.4 is 10.2 Å². The Labute approximate surface area is 550 Å². The number of rotatable bonds is 7. The highest BCUT2D eigenvalue weighted by Gasteiger charge is 2.20. The van der Waals surface area contributed by atoms with Gasteiger partial charge in [0.1, 0.15) is 44.7 Å². The highest BCUT2D eigenvalue weighted by Crippen LogP contribution is 2.45. The van der Waals surface area contributed by atoms with Crippen LogP contribution in [-0.2, 0) is 0 Å². The first-order valence-corrected chi connectivity index (χ1v) is 32.2. The second-order valence-electron chi connectivity index (χ2n) is 24.1. The number of furan rings is 4. The Morgan fingerprint density at radius 2 is 0.589 bits per heavy atom. The number of anilines is 5. The monoisotopic (exact) mass is 1240 g/mol. The number of benzene rings is 16. The van der Waals surface area contributed by atoms with Gasteiger partial charge in [0.25, 0.3) is 0 Å². The molecule has 0 bridgehead atoms. The Bertz CT molecular complexity index is 6330. The Morgan fingerprint density at radius 1 is 0.221 bits per heavy atom. The Hall–Kier alpha value is -12.4. The molecule has 7 heteroatoms. The second-order valence-corrected chi connectivity index (χ2v) is 24.5. The molecule has 6 nitrogen and oxygen atoms in total. The van der Waals surface area contributed by atoms with E-state index in [1.807, 2.05) is 84.9 Å². The summed E-state index contributed by atoms with van der Waals surface area (Å²) in [6.07, 6.45) is 0. The number of hydrogen-bond acceptors (Lipinski definition) is 6. The molecule has 0 aliphatic rings. The van der Waals surface area contributed by atoms with Gasteiger partial charge in [0.15, 0.2) is 0 Å². The third kappa shape index (κ3) is 10.00.